The van der Waals surface area contributed by atoms with Crippen LogP contribution in [0.3, 0.4) is 0 Å². The molecule has 15 heavy (non-hydrogen) atoms. The van der Waals surface area contributed by atoms with Gasteiger partial charge >= 0.3 is 6.36 Å². The van der Waals surface area contributed by atoms with E-state index < -0.39 is 6.36 Å². The average Bonchev–Trinajstić information content (AvgIpc) is 2.16. The van der Waals surface area contributed by atoms with Crippen LogP contribution in [0.5, 0.6) is 0 Å². The molecule has 0 spiro atoms. The van der Waals surface area contributed by atoms with Crippen molar-refractivity contribution in [3.8, 4) is 0 Å². The van der Waals surface area contributed by atoms with Gasteiger partial charge in [-0.05, 0) is 24.5 Å². The average molecular weight is 217 g/mol. The van der Waals surface area contributed by atoms with Crippen LogP contribution in [0.4, 0.5) is 18.9 Å². The summed E-state index contributed by atoms with van der Waals surface area (Å²) < 4.78 is 36.2. The van der Waals surface area contributed by atoms with Crippen molar-refractivity contribution in [3.05, 3.63) is 29.8 Å². The van der Waals surface area contributed by atoms with E-state index in [1.807, 2.05) is 12.1 Å². The topological polar surface area (TPSA) is 12.5 Å². The van der Waals surface area contributed by atoms with Gasteiger partial charge < -0.3 is 0 Å². The van der Waals surface area contributed by atoms with Gasteiger partial charge in [0.1, 0.15) is 0 Å². The minimum atomic E-state index is -4.62. The minimum absolute atomic E-state index is 0.274. The Morgan fingerprint density at radius 1 is 1.20 bits per heavy atom. The molecule has 5 heteroatoms. The standard InChI is InChI=1S/C10H10F3NO/c11-10(12,13)15-14-7-3-5-8-4-1-2-6-9(8)14/h1-2,4,6H,3,5,7H2. The predicted molar refractivity (Wildman–Crippen MR) is 49.2 cm³/mol. The van der Waals surface area contributed by atoms with E-state index in [1.54, 1.807) is 12.1 Å². The molecule has 1 aliphatic heterocycles. The molecular formula is C10H10F3NO. The number of hydrogen-bond acceptors (Lipinski definition) is 2. The first-order valence-corrected chi connectivity index (χ1v) is 4.67. The number of anilines is 1. The monoisotopic (exact) mass is 217 g/mol. The van der Waals surface area contributed by atoms with Crippen LogP contribution in [0.1, 0.15) is 12.0 Å². The van der Waals surface area contributed by atoms with Gasteiger partial charge in [-0.3, -0.25) is 0 Å². The Kier molecular flexibility index (Phi) is 2.56. The first kappa shape index (κ1) is 10.3. The second kappa shape index (κ2) is 3.73. The van der Waals surface area contributed by atoms with E-state index in [0.717, 1.165) is 17.0 Å². The highest BCUT2D eigenvalue weighted by atomic mass is 19.4. The molecular weight excluding hydrogens is 207 g/mol. The van der Waals surface area contributed by atoms with E-state index in [-0.39, 0.29) is 6.54 Å². The lowest BCUT2D eigenvalue weighted by molar-refractivity contribution is -0.330. The van der Waals surface area contributed by atoms with E-state index >= 15 is 0 Å². The number of fused-ring (bicyclic) bond motifs is 1. The van der Waals surface area contributed by atoms with Gasteiger partial charge in [-0.2, -0.15) is 4.84 Å². The van der Waals surface area contributed by atoms with Crippen molar-refractivity contribution in [1.82, 2.24) is 0 Å². The molecule has 1 aromatic rings. The molecule has 0 fully saturated rings. The molecule has 0 atom stereocenters. The summed E-state index contributed by atoms with van der Waals surface area (Å²) in [7, 11) is 0. The molecule has 2 rings (SSSR count). The zero-order valence-electron chi connectivity index (χ0n) is 7.92. The molecule has 0 radical (unpaired) electrons. The smallest absolute Gasteiger partial charge is 0.245 e. The molecule has 0 saturated carbocycles. The summed E-state index contributed by atoms with van der Waals surface area (Å²) in [6, 6.07) is 6.98. The van der Waals surface area contributed by atoms with Crippen molar-refractivity contribution in [3.63, 3.8) is 0 Å². The van der Waals surface area contributed by atoms with E-state index in [1.165, 1.54) is 0 Å². The summed E-state index contributed by atoms with van der Waals surface area (Å²) in [6.07, 6.45) is -3.15. The van der Waals surface area contributed by atoms with Gasteiger partial charge in [0.15, 0.2) is 0 Å². The molecule has 0 aliphatic carbocycles. The van der Waals surface area contributed by atoms with Gasteiger partial charge in [-0.1, -0.05) is 18.2 Å². The summed E-state index contributed by atoms with van der Waals surface area (Å²) in [6.45, 7) is 0.274. The number of rotatable bonds is 1. The van der Waals surface area contributed by atoms with Gasteiger partial charge in [-0.25, -0.2) is 5.06 Å². The van der Waals surface area contributed by atoms with Crippen LogP contribution in [0, 0.1) is 0 Å². The van der Waals surface area contributed by atoms with Crippen LogP contribution in [-0.2, 0) is 11.3 Å². The SMILES string of the molecule is FC(F)(F)ON1CCCc2ccccc21. The first-order valence-electron chi connectivity index (χ1n) is 4.67. The predicted octanol–water partition coefficient (Wildman–Crippen LogP) is 2.89. The number of hydroxylamine groups is 1. The summed E-state index contributed by atoms with van der Waals surface area (Å²) in [5.41, 5.74) is 1.41. The van der Waals surface area contributed by atoms with E-state index in [9.17, 15) is 13.2 Å². The third-order valence-corrected chi connectivity index (χ3v) is 2.28. The number of nitrogens with zero attached hydrogens (tertiary/aromatic N) is 1. The third-order valence-electron chi connectivity index (χ3n) is 2.28. The highest BCUT2D eigenvalue weighted by Crippen LogP contribution is 2.30. The van der Waals surface area contributed by atoms with Crippen LogP contribution in [0.25, 0.3) is 0 Å². The van der Waals surface area contributed by atoms with Crippen molar-refractivity contribution in [2.75, 3.05) is 11.6 Å². The van der Waals surface area contributed by atoms with Crippen molar-refractivity contribution < 1.29 is 18.0 Å². The lowest BCUT2D eigenvalue weighted by atomic mass is 10.0. The summed E-state index contributed by atoms with van der Waals surface area (Å²) in [4.78, 5) is 3.94. The molecule has 0 N–H and O–H groups in total. The lowest BCUT2D eigenvalue weighted by Gasteiger charge is -2.30. The molecule has 1 heterocycles. The van der Waals surface area contributed by atoms with E-state index in [0.29, 0.717) is 12.1 Å². The van der Waals surface area contributed by atoms with Crippen LogP contribution in [-0.4, -0.2) is 12.9 Å². The fourth-order valence-electron chi connectivity index (χ4n) is 1.72. The Bertz CT molecular complexity index is 351. The number of benzene rings is 1. The lowest BCUT2D eigenvalue weighted by Crippen LogP contribution is -2.35. The number of para-hydroxylation sites is 1. The maximum Gasteiger partial charge on any atom is 0.544 e. The normalized spacial score (nSPS) is 16.3. The minimum Gasteiger partial charge on any atom is -0.245 e. The Morgan fingerprint density at radius 3 is 2.67 bits per heavy atom. The molecule has 0 bridgehead atoms. The van der Waals surface area contributed by atoms with Crippen LogP contribution < -0.4 is 5.06 Å². The van der Waals surface area contributed by atoms with Gasteiger partial charge in [0.2, 0.25) is 0 Å². The second-order valence-electron chi connectivity index (χ2n) is 3.37. The molecule has 1 aromatic carbocycles. The van der Waals surface area contributed by atoms with Gasteiger partial charge in [0, 0.05) is 6.54 Å². The number of halogens is 3. The molecule has 0 amide bonds. The maximum absolute atomic E-state index is 12.1. The first-order chi connectivity index (χ1) is 7.06. The molecule has 82 valence electrons. The summed E-state index contributed by atoms with van der Waals surface area (Å²) >= 11 is 0. The molecule has 2 nitrogen and oxygen atoms in total. The van der Waals surface area contributed by atoms with Gasteiger partial charge in [0.25, 0.3) is 0 Å². The number of hydrogen-bond donors (Lipinski definition) is 0. The van der Waals surface area contributed by atoms with Gasteiger partial charge in [-0.15, -0.1) is 13.2 Å². The largest absolute Gasteiger partial charge is 0.544 e. The van der Waals surface area contributed by atoms with Crippen molar-refractivity contribution in [1.29, 1.82) is 0 Å². The Morgan fingerprint density at radius 2 is 1.93 bits per heavy atom. The molecule has 0 unspecified atom stereocenters. The Balaban J connectivity index is 2.22. The molecule has 0 saturated heterocycles. The number of alkyl halides is 3. The zero-order valence-corrected chi connectivity index (χ0v) is 7.92. The Labute approximate surface area is 85.2 Å². The Hall–Kier alpha value is -1.23. The van der Waals surface area contributed by atoms with Crippen LogP contribution in [0.2, 0.25) is 0 Å². The fourth-order valence-corrected chi connectivity index (χ4v) is 1.72. The van der Waals surface area contributed by atoms with Crippen molar-refractivity contribution >= 4 is 5.69 Å². The van der Waals surface area contributed by atoms with Crippen LogP contribution in [0.15, 0.2) is 24.3 Å². The van der Waals surface area contributed by atoms with Gasteiger partial charge in [0.05, 0.1) is 5.69 Å². The third kappa shape index (κ3) is 2.41. The highest BCUT2D eigenvalue weighted by Gasteiger charge is 2.35. The summed E-state index contributed by atoms with van der Waals surface area (Å²) in [5.74, 6) is 0. The number of aryl methyl sites for hydroxylation is 1. The van der Waals surface area contributed by atoms with Crippen LogP contribution >= 0.6 is 0 Å². The van der Waals surface area contributed by atoms with Crippen molar-refractivity contribution in [2.45, 2.75) is 19.2 Å². The van der Waals surface area contributed by atoms with E-state index in [2.05, 4.69) is 4.84 Å². The summed E-state index contributed by atoms with van der Waals surface area (Å²) in [5, 5.41) is 0.916. The molecule has 0 aromatic heterocycles. The quantitative estimate of drug-likeness (QED) is 0.717. The van der Waals surface area contributed by atoms with Crippen molar-refractivity contribution in [2.24, 2.45) is 0 Å². The second-order valence-corrected chi connectivity index (χ2v) is 3.37. The fraction of sp³-hybridized carbons (Fsp3) is 0.400. The maximum atomic E-state index is 12.1. The zero-order chi connectivity index (χ0) is 10.9. The highest BCUT2D eigenvalue weighted by molar-refractivity contribution is 5.53. The van der Waals surface area contributed by atoms with E-state index in [4.69, 9.17) is 0 Å². The molecule has 1 aliphatic rings.